The lowest BCUT2D eigenvalue weighted by atomic mass is 10.1. The second-order valence-electron chi connectivity index (χ2n) is 4.94. The fourth-order valence-electron chi connectivity index (χ4n) is 2.05. The minimum Gasteiger partial charge on any atom is -0.493 e. The molecule has 18 heavy (non-hydrogen) atoms. The van der Waals surface area contributed by atoms with Crippen LogP contribution >= 0.6 is 0 Å². The Hall–Kier alpha value is -1.02. The third-order valence-corrected chi connectivity index (χ3v) is 3.17. The molecule has 2 heteroatoms. The Kier molecular flexibility index (Phi) is 7.51. The predicted molar refractivity (Wildman–Crippen MR) is 77.9 cm³/mol. The Balaban J connectivity index is 2.23. The van der Waals surface area contributed by atoms with Gasteiger partial charge in [-0.15, -0.1) is 0 Å². The van der Waals surface area contributed by atoms with Gasteiger partial charge in [0.15, 0.2) is 0 Å². The van der Waals surface area contributed by atoms with Crippen LogP contribution in [0.25, 0.3) is 0 Å². The van der Waals surface area contributed by atoms with Crippen LogP contribution in [0.15, 0.2) is 24.3 Å². The molecule has 0 aromatic heterocycles. The molecule has 1 rings (SSSR count). The van der Waals surface area contributed by atoms with Crippen molar-refractivity contribution < 1.29 is 4.74 Å². The van der Waals surface area contributed by atoms with Crippen LogP contribution in [0, 0.1) is 0 Å². The monoisotopic (exact) mass is 249 g/mol. The molecule has 1 aromatic carbocycles. The summed E-state index contributed by atoms with van der Waals surface area (Å²) in [6.45, 7) is 5.04. The van der Waals surface area contributed by atoms with E-state index in [1.807, 2.05) is 31.2 Å². The molecule has 1 atom stereocenters. The van der Waals surface area contributed by atoms with Crippen LogP contribution in [0.2, 0.25) is 0 Å². The first kappa shape index (κ1) is 15.0. The first-order valence-corrected chi connectivity index (χ1v) is 7.23. The van der Waals surface area contributed by atoms with Gasteiger partial charge in [0.25, 0.3) is 0 Å². The molecule has 2 N–H and O–H groups in total. The number of ether oxygens (including phenoxy) is 1. The second-order valence-corrected chi connectivity index (χ2v) is 4.94. The average Bonchev–Trinajstić information content (AvgIpc) is 2.38. The molecule has 0 radical (unpaired) electrons. The summed E-state index contributed by atoms with van der Waals surface area (Å²) >= 11 is 0. The fourth-order valence-corrected chi connectivity index (χ4v) is 2.05. The van der Waals surface area contributed by atoms with Gasteiger partial charge in [-0.25, -0.2) is 0 Å². The molecule has 1 aromatic rings. The number of rotatable bonds is 9. The Morgan fingerprint density at radius 1 is 1.06 bits per heavy atom. The molecule has 0 saturated carbocycles. The summed E-state index contributed by atoms with van der Waals surface area (Å²) < 4.78 is 5.82. The highest BCUT2D eigenvalue weighted by molar-refractivity contribution is 5.35. The Morgan fingerprint density at radius 3 is 2.44 bits per heavy atom. The van der Waals surface area contributed by atoms with Crippen molar-refractivity contribution in [1.82, 2.24) is 0 Å². The first-order valence-electron chi connectivity index (χ1n) is 7.23. The van der Waals surface area contributed by atoms with E-state index in [1.54, 1.807) is 0 Å². The lowest BCUT2D eigenvalue weighted by Gasteiger charge is -2.13. The summed E-state index contributed by atoms with van der Waals surface area (Å²) in [5.74, 6) is 0.945. The van der Waals surface area contributed by atoms with Crippen molar-refractivity contribution >= 4 is 0 Å². The van der Waals surface area contributed by atoms with Crippen LogP contribution in [-0.4, -0.2) is 6.61 Å². The molecule has 0 saturated heterocycles. The molecule has 0 aliphatic rings. The lowest BCUT2D eigenvalue weighted by molar-refractivity contribution is 0.300. The molecule has 0 heterocycles. The summed E-state index contributed by atoms with van der Waals surface area (Å²) in [4.78, 5) is 0. The van der Waals surface area contributed by atoms with Crippen LogP contribution in [0.5, 0.6) is 5.75 Å². The van der Waals surface area contributed by atoms with Gasteiger partial charge in [-0.2, -0.15) is 0 Å². The zero-order valence-electron chi connectivity index (χ0n) is 11.8. The highest BCUT2D eigenvalue weighted by Crippen LogP contribution is 2.23. The zero-order chi connectivity index (χ0) is 13.2. The predicted octanol–water partition coefficient (Wildman–Crippen LogP) is 4.45. The van der Waals surface area contributed by atoms with E-state index in [0.29, 0.717) is 0 Å². The van der Waals surface area contributed by atoms with E-state index in [0.717, 1.165) is 24.3 Å². The van der Waals surface area contributed by atoms with E-state index >= 15 is 0 Å². The molecular weight excluding hydrogens is 222 g/mol. The van der Waals surface area contributed by atoms with Gasteiger partial charge in [-0.3, -0.25) is 0 Å². The number of unbranched alkanes of at least 4 members (excludes halogenated alkanes) is 5. The summed E-state index contributed by atoms with van der Waals surface area (Å²) in [7, 11) is 0. The van der Waals surface area contributed by atoms with Gasteiger partial charge < -0.3 is 10.5 Å². The normalized spacial score (nSPS) is 12.4. The lowest BCUT2D eigenvalue weighted by Crippen LogP contribution is -2.08. The van der Waals surface area contributed by atoms with Gasteiger partial charge >= 0.3 is 0 Å². The number of hydrogen-bond acceptors (Lipinski definition) is 2. The smallest absolute Gasteiger partial charge is 0.124 e. The molecule has 102 valence electrons. The van der Waals surface area contributed by atoms with Gasteiger partial charge in [0, 0.05) is 11.6 Å². The summed E-state index contributed by atoms with van der Waals surface area (Å²) in [6, 6.07) is 8.10. The van der Waals surface area contributed by atoms with Crippen LogP contribution in [-0.2, 0) is 0 Å². The van der Waals surface area contributed by atoms with E-state index in [1.165, 1.54) is 32.1 Å². The Labute approximate surface area is 112 Å². The molecule has 0 bridgehead atoms. The van der Waals surface area contributed by atoms with Crippen molar-refractivity contribution in [2.24, 2.45) is 5.73 Å². The largest absolute Gasteiger partial charge is 0.493 e. The summed E-state index contributed by atoms with van der Waals surface area (Å²) in [6.07, 6.45) is 7.74. The van der Waals surface area contributed by atoms with Gasteiger partial charge in [0.2, 0.25) is 0 Å². The fraction of sp³-hybridized carbons (Fsp3) is 0.625. The molecule has 0 fully saturated rings. The quantitative estimate of drug-likeness (QED) is 0.656. The number of para-hydroxylation sites is 1. The molecule has 0 amide bonds. The van der Waals surface area contributed by atoms with Gasteiger partial charge in [0.05, 0.1) is 6.61 Å². The molecule has 0 aliphatic heterocycles. The molecular formula is C16H27NO. The van der Waals surface area contributed by atoms with Crippen molar-refractivity contribution in [2.45, 2.75) is 58.4 Å². The third-order valence-electron chi connectivity index (χ3n) is 3.17. The van der Waals surface area contributed by atoms with Crippen molar-refractivity contribution in [1.29, 1.82) is 0 Å². The van der Waals surface area contributed by atoms with E-state index < -0.39 is 0 Å². The van der Waals surface area contributed by atoms with Gasteiger partial charge in [-0.1, -0.05) is 57.2 Å². The molecule has 0 aliphatic carbocycles. The van der Waals surface area contributed by atoms with Gasteiger partial charge in [0.1, 0.15) is 5.75 Å². The maximum absolute atomic E-state index is 5.92. The molecule has 2 nitrogen and oxygen atoms in total. The molecule has 1 unspecified atom stereocenters. The van der Waals surface area contributed by atoms with E-state index in [2.05, 4.69) is 6.92 Å². The Morgan fingerprint density at radius 2 is 1.72 bits per heavy atom. The second kappa shape index (κ2) is 8.98. The summed E-state index contributed by atoms with van der Waals surface area (Å²) in [5.41, 5.74) is 7.02. The van der Waals surface area contributed by atoms with E-state index in [-0.39, 0.29) is 6.04 Å². The standard InChI is InChI=1S/C16H27NO/c1-3-4-5-6-7-10-13-18-16-12-9-8-11-15(16)14(2)17/h8-9,11-12,14H,3-7,10,13,17H2,1-2H3. The SMILES string of the molecule is CCCCCCCCOc1ccccc1C(C)N. The van der Waals surface area contributed by atoms with E-state index in [4.69, 9.17) is 10.5 Å². The highest BCUT2D eigenvalue weighted by Gasteiger charge is 2.06. The third kappa shape index (κ3) is 5.54. The Bertz CT molecular complexity index is 323. The number of hydrogen-bond donors (Lipinski definition) is 1. The van der Waals surface area contributed by atoms with Crippen LogP contribution in [0.4, 0.5) is 0 Å². The maximum Gasteiger partial charge on any atom is 0.124 e. The number of benzene rings is 1. The number of nitrogens with two attached hydrogens (primary N) is 1. The average molecular weight is 249 g/mol. The van der Waals surface area contributed by atoms with Crippen LogP contribution < -0.4 is 10.5 Å². The van der Waals surface area contributed by atoms with E-state index in [9.17, 15) is 0 Å². The van der Waals surface area contributed by atoms with Crippen molar-refractivity contribution in [2.75, 3.05) is 6.61 Å². The highest BCUT2D eigenvalue weighted by atomic mass is 16.5. The van der Waals surface area contributed by atoms with Crippen molar-refractivity contribution in [3.05, 3.63) is 29.8 Å². The van der Waals surface area contributed by atoms with Crippen molar-refractivity contribution in [3.8, 4) is 5.75 Å². The minimum absolute atomic E-state index is 0.0331. The maximum atomic E-state index is 5.92. The minimum atomic E-state index is 0.0331. The van der Waals surface area contributed by atoms with Crippen molar-refractivity contribution in [3.63, 3.8) is 0 Å². The van der Waals surface area contributed by atoms with Gasteiger partial charge in [-0.05, 0) is 19.4 Å². The topological polar surface area (TPSA) is 35.2 Å². The zero-order valence-corrected chi connectivity index (χ0v) is 11.8. The first-order chi connectivity index (χ1) is 8.75. The molecule has 0 spiro atoms. The summed E-state index contributed by atoms with van der Waals surface area (Å²) in [5, 5.41) is 0. The van der Waals surface area contributed by atoms with Crippen LogP contribution in [0.3, 0.4) is 0 Å². The van der Waals surface area contributed by atoms with Crippen LogP contribution in [0.1, 0.15) is 64.0 Å².